The van der Waals surface area contributed by atoms with Gasteiger partial charge in [0.15, 0.2) is 0 Å². The van der Waals surface area contributed by atoms with Crippen LogP contribution < -0.4 is 5.56 Å². The van der Waals surface area contributed by atoms with Crippen LogP contribution in [0.3, 0.4) is 0 Å². The van der Waals surface area contributed by atoms with Gasteiger partial charge in [0.05, 0.1) is 48.9 Å². The lowest BCUT2D eigenvalue weighted by atomic mass is 10.0. The van der Waals surface area contributed by atoms with Gasteiger partial charge in [-0.15, -0.1) is 11.3 Å². The van der Waals surface area contributed by atoms with E-state index in [1.807, 2.05) is 59.2 Å². The molecule has 0 unspecified atom stereocenters. The van der Waals surface area contributed by atoms with Gasteiger partial charge in [-0.3, -0.25) is 13.9 Å². The van der Waals surface area contributed by atoms with Gasteiger partial charge in [-0.25, -0.2) is 9.97 Å². The number of benzene rings is 8. The van der Waals surface area contributed by atoms with Gasteiger partial charge in [0.25, 0.3) is 5.56 Å². The molecule has 7 heteroatoms. The fourth-order valence-electron chi connectivity index (χ4n) is 9.55. The molecule has 0 atom stereocenters. The zero-order valence-corrected chi connectivity index (χ0v) is 33.9. The average molecular weight is 812 g/mol. The van der Waals surface area contributed by atoms with E-state index < -0.39 is 0 Å². The van der Waals surface area contributed by atoms with E-state index in [1.165, 1.54) is 10.8 Å². The first kappa shape index (κ1) is 34.7. The van der Waals surface area contributed by atoms with Crippen LogP contribution in [0.15, 0.2) is 205 Å². The number of hydrogen-bond acceptors (Lipinski definition) is 4. The van der Waals surface area contributed by atoms with E-state index in [4.69, 9.17) is 9.97 Å². The van der Waals surface area contributed by atoms with E-state index in [0.29, 0.717) is 11.3 Å². The van der Waals surface area contributed by atoms with Crippen LogP contribution in [0.4, 0.5) is 0 Å². The van der Waals surface area contributed by atoms with Crippen molar-refractivity contribution in [3.05, 3.63) is 211 Å². The summed E-state index contributed by atoms with van der Waals surface area (Å²) in [4.78, 5) is 26.3. The fourth-order valence-corrected chi connectivity index (χ4v) is 10.7. The highest BCUT2D eigenvalue weighted by Crippen LogP contribution is 2.42. The van der Waals surface area contributed by atoms with Crippen LogP contribution >= 0.6 is 11.3 Å². The van der Waals surface area contributed by atoms with Gasteiger partial charge in [-0.1, -0.05) is 133 Å². The molecule has 6 nitrogen and oxygen atoms in total. The number of aromatic nitrogens is 5. The molecule has 0 aliphatic rings. The Hall–Kier alpha value is -8.13. The number of thiophene rings is 1. The van der Waals surface area contributed by atoms with E-state index in [2.05, 4.69) is 155 Å². The van der Waals surface area contributed by atoms with Crippen molar-refractivity contribution in [1.82, 2.24) is 23.7 Å². The topological polar surface area (TPSA) is 57.6 Å². The zero-order chi connectivity index (χ0) is 40.9. The molecule has 290 valence electrons. The van der Waals surface area contributed by atoms with Gasteiger partial charge >= 0.3 is 0 Å². The Morgan fingerprint density at radius 3 is 1.65 bits per heavy atom. The van der Waals surface area contributed by atoms with Crippen molar-refractivity contribution >= 4 is 86.2 Å². The Labute approximate surface area is 358 Å². The number of hydrogen-bond donors (Lipinski definition) is 0. The third-order valence-corrected chi connectivity index (χ3v) is 13.4. The number of nitrogens with zero attached hydrogens (tertiary/aromatic N) is 5. The monoisotopic (exact) mass is 811 g/mol. The van der Waals surface area contributed by atoms with Gasteiger partial charge < -0.3 is 4.57 Å². The first-order valence-electron chi connectivity index (χ1n) is 20.7. The summed E-state index contributed by atoms with van der Waals surface area (Å²) in [5, 5.41) is 5.82. The molecule has 5 aromatic heterocycles. The van der Waals surface area contributed by atoms with Crippen molar-refractivity contribution in [2.45, 2.75) is 0 Å². The second-order valence-corrected chi connectivity index (χ2v) is 16.8. The lowest BCUT2D eigenvalue weighted by molar-refractivity contribution is 1.01. The Morgan fingerprint density at radius 2 is 0.935 bits per heavy atom. The molecule has 0 saturated carbocycles. The molecule has 13 rings (SSSR count). The van der Waals surface area contributed by atoms with Crippen LogP contribution in [0.25, 0.3) is 115 Å². The van der Waals surface area contributed by atoms with Crippen molar-refractivity contribution in [1.29, 1.82) is 0 Å². The highest BCUT2D eigenvalue weighted by atomic mass is 32.1. The summed E-state index contributed by atoms with van der Waals surface area (Å²) in [6.07, 6.45) is 0. The molecule has 0 fully saturated rings. The van der Waals surface area contributed by atoms with Gasteiger partial charge in [0.1, 0.15) is 0 Å². The summed E-state index contributed by atoms with van der Waals surface area (Å²) >= 11 is 1.71. The van der Waals surface area contributed by atoms with E-state index >= 15 is 4.79 Å². The van der Waals surface area contributed by atoms with Gasteiger partial charge in [0, 0.05) is 48.6 Å². The first-order valence-corrected chi connectivity index (χ1v) is 21.5. The van der Waals surface area contributed by atoms with Crippen LogP contribution in [0, 0.1) is 0 Å². The lowest BCUT2D eigenvalue weighted by Crippen LogP contribution is -2.19. The van der Waals surface area contributed by atoms with Crippen molar-refractivity contribution < 1.29 is 0 Å². The van der Waals surface area contributed by atoms with Crippen molar-refractivity contribution in [2.75, 3.05) is 0 Å². The summed E-state index contributed by atoms with van der Waals surface area (Å²) in [6, 6.07) is 69.2. The fraction of sp³-hybridized carbons (Fsp3) is 0. The maximum atomic E-state index is 15.5. The van der Waals surface area contributed by atoms with Crippen LogP contribution in [-0.2, 0) is 0 Å². The summed E-state index contributed by atoms with van der Waals surface area (Å²) in [7, 11) is 0. The molecule has 0 spiro atoms. The molecule has 0 bridgehead atoms. The van der Waals surface area contributed by atoms with Crippen LogP contribution in [-0.4, -0.2) is 23.7 Å². The first-order chi connectivity index (χ1) is 30.7. The second kappa shape index (κ2) is 13.4. The highest BCUT2D eigenvalue weighted by molar-refractivity contribution is 7.26. The molecule has 62 heavy (non-hydrogen) atoms. The Bertz CT molecular complexity index is 4000. The summed E-state index contributed by atoms with van der Waals surface area (Å²) in [5.74, 6) is 0.518. The molecule has 8 aromatic carbocycles. The SMILES string of the molecule is O=c1c2c3cc(-c4ccc5c(c4)c4ccccc4n5-c4ccccc4)ccc3n(-c3nc(-c4ccccc4)c4sc5ccccc5c4n3)c2c2ccccc2n1-c1ccccc1. The van der Waals surface area contributed by atoms with Crippen LogP contribution in [0.5, 0.6) is 0 Å². The van der Waals surface area contributed by atoms with Crippen molar-refractivity contribution in [2.24, 2.45) is 0 Å². The Balaban J connectivity index is 1.14. The average Bonchev–Trinajstić information content (AvgIpc) is 4.00. The quantitative estimate of drug-likeness (QED) is 0.174. The zero-order valence-electron chi connectivity index (χ0n) is 33.1. The van der Waals surface area contributed by atoms with E-state index in [9.17, 15) is 0 Å². The molecular formula is C55H33N5OS. The molecular weight excluding hydrogens is 779 g/mol. The third-order valence-electron chi connectivity index (χ3n) is 12.3. The lowest BCUT2D eigenvalue weighted by Gasteiger charge is -2.14. The normalized spacial score (nSPS) is 11.9. The number of rotatable bonds is 5. The van der Waals surface area contributed by atoms with Crippen LogP contribution in [0.2, 0.25) is 0 Å². The van der Waals surface area contributed by atoms with E-state index in [0.717, 1.165) is 92.4 Å². The minimum absolute atomic E-state index is 0.0995. The summed E-state index contributed by atoms with van der Waals surface area (Å²) in [5.41, 5.74) is 11.4. The minimum Gasteiger partial charge on any atom is -0.309 e. The van der Waals surface area contributed by atoms with Crippen molar-refractivity contribution in [3.8, 4) is 39.7 Å². The summed E-state index contributed by atoms with van der Waals surface area (Å²) in [6.45, 7) is 0. The molecule has 0 N–H and O–H groups in total. The molecule has 13 aromatic rings. The maximum absolute atomic E-state index is 15.5. The number of fused-ring (bicyclic) bond motifs is 11. The van der Waals surface area contributed by atoms with Crippen LogP contribution in [0.1, 0.15) is 0 Å². The smallest absolute Gasteiger partial charge is 0.265 e. The Morgan fingerprint density at radius 1 is 0.403 bits per heavy atom. The molecule has 0 aliphatic heterocycles. The van der Waals surface area contributed by atoms with Gasteiger partial charge in [-0.05, 0) is 77.9 Å². The largest absolute Gasteiger partial charge is 0.309 e. The maximum Gasteiger partial charge on any atom is 0.265 e. The molecule has 0 radical (unpaired) electrons. The predicted molar refractivity (Wildman–Crippen MR) is 258 cm³/mol. The highest BCUT2D eigenvalue weighted by Gasteiger charge is 2.25. The second-order valence-electron chi connectivity index (χ2n) is 15.7. The molecule has 0 saturated heterocycles. The number of pyridine rings is 1. The Kier molecular flexibility index (Phi) is 7.52. The number of para-hydroxylation sites is 4. The van der Waals surface area contributed by atoms with Gasteiger partial charge in [0.2, 0.25) is 5.95 Å². The molecule has 0 amide bonds. The summed E-state index contributed by atoms with van der Waals surface area (Å²) < 4.78 is 8.50. The third kappa shape index (κ3) is 5.06. The minimum atomic E-state index is -0.0995. The predicted octanol–water partition coefficient (Wildman–Crippen LogP) is 13.7. The van der Waals surface area contributed by atoms with Gasteiger partial charge in [-0.2, -0.15) is 0 Å². The molecule has 5 heterocycles. The standard InChI is InChI=1S/C55H33N5OS/c61-54-49-43-33-36(35-28-30-46-42(32-35)39-22-10-13-25-44(39)58(46)37-18-6-2-7-19-37)29-31-47(43)60(52(49)40-23-11-14-26-45(40)59(54)38-20-8-3-9-21-38)55-56-50(34-16-4-1-5-17-34)53-51(57-55)41-24-12-15-27-48(41)62-53/h1-33H. The van der Waals surface area contributed by atoms with E-state index in [1.54, 1.807) is 11.3 Å². The van der Waals surface area contributed by atoms with E-state index in [-0.39, 0.29) is 5.56 Å². The van der Waals surface area contributed by atoms with Crippen molar-refractivity contribution in [3.63, 3.8) is 0 Å². The molecule has 0 aliphatic carbocycles.